The van der Waals surface area contributed by atoms with Crippen LogP contribution in [0.5, 0.6) is 34.5 Å². The zero-order valence-corrected chi connectivity index (χ0v) is 44.3. The molecule has 0 saturated carbocycles. The fraction of sp³-hybridized carbons (Fsp3) is 0.267. The lowest BCUT2D eigenvalue weighted by atomic mass is 10.1. The molecular weight excluding hydrogens is 1070 g/mol. The van der Waals surface area contributed by atoms with Gasteiger partial charge in [0.15, 0.2) is 35.2 Å². The molecule has 0 aliphatic carbocycles. The van der Waals surface area contributed by atoms with E-state index in [0.29, 0.717) is 47.2 Å². The summed E-state index contributed by atoms with van der Waals surface area (Å²) >= 11 is 0. The van der Waals surface area contributed by atoms with Gasteiger partial charge in [0.25, 0.3) is 0 Å². The minimum absolute atomic E-state index is 0.0239. The average Bonchev–Trinajstić information content (AvgIpc) is 4.22. The summed E-state index contributed by atoms with van der Waals surface area (Å²) in [4.78, 5) is 100. The smallest absolute Gasteiger partial charge is 0.493 e. The lowest BCUT2D eigenvalue weighted by Gasteiger charge is -2.18. The Morgan fingerprint density at radius 3 is 1.17 bits per heavy atom. The van der Waals surface area contributed by atoms with E-state index in [1.54, 1.807) is 60.7 Å². The fourth-order valence-corrected chi connectivity index (χ4v) is 8.38. The van der Waals surface area contributed by atoms with E-state index in [2.05, 4.69) is 13.2 Å². The van der Waals surface area contributed by atoms with Crippen LogP contribution >= 0.6 is 0 Å². The summed E-state index contributed by atoms with van der Waals surface area (Å²) in [5, 5.41) is 2.60. The Morgan fingerprint density at radius 1 is 0.427 bits per heavy atom. The summed E-state index contributed by atoms with van der Waals surface area (Å²) in [5.41, 5.74) is 0.532. The molecule has 22 heteroatoms. The second kappa shape index (κ2) is 27.9. The predicted molar refractivity (Wildman–Crippen MR) is 286 cm³/mol. The number of carbonyl (C=O) groups excluding carboxylic acids is 8. The molecule has 4 atom stereocenters. The molecule has 2 heterocycles. The number of hydrogen-bond acceptors (Lipinski definition) is 22. The molecule has 0 N–H and O–H groups in total. The number of fused-ring (bicyclic) bond motifs is 3. The summed E-state index contributed by atoms with van der Waals surface area (Å²) < 4.78 is 76.1. The Morgan fingerprint density at radius 2 is 0.780 bits per heavy atom. The highest BCUT2D eigenvalue weighted by Gasteiger charge is 2.51. The number of carbonyl (C=O) groups is 8. The van der Waals surface area contributed by atoms with Crippen molar-refractivity contribution in [3.05, 3.63) is 157 Å². The summed E-state index contributed by atoms with van der Waals surface area (Å²) in [6.45, 7) is 6.98. The van der Waals surface area contributed by atoms with Crippen molar-refractivity contribution in [2.45, 2.75) is 50.1 Å². The molecule has 0 bridgehead atoms. The van der Waals surface area contributed by atoms with E-state index in [-0.39, 0.29) is 96.4 Å². The normalized spacial score (nSPS) is 15.9. The van der Waals surface area contributed by atoms with Gasteiger partial charge in [-0.3, -0.25) is 0 Å². The van der Waals surface area contributed by atoms with Gasteiger partial charge in [-0.25, -0.2) is 38.4 Å². The first-order valence-corrected chi connectivity index (χ1v) is 25.5. The van der Waals surface area contributed by atoms with E-state index in [4.69, 9.17) is 66.3 Å². The number of esters is 6. The molecule has 2 unspecified atom stereocenters. The van der Waals surface area contributed by atoms with Crippen molar-refractivity contribution in [1.29, 1.82) is 0 Å². The Kier molecular flexibility index (Phi) is 19.8. The van der Waals surface area contributed by atoms with Crippen molar-refractivity contribution < 1.29 is 105 Å². The maximum absolute atomic E-state index is 13.5. The third-order valence-electron chi connectivity index (χ3n) is 12.5. The van der Waals surface area contributed by atoms with Crippen LogP contribution in [0.3, 0.4) is 0 Å². The molecule has 2 fully saturated rings. The molecular formula is C60H54O22. The first-order valence-electron chi connectivity index (χ1n) is 25.5. The quantitative estimate of drug-likeness (QED) is 0.0136. The van der Waals surface area contributed by atoms with Crippen LogP contribution in [0.2, 0.25) is 0 Å². The highest BCUT2D eigenvalue weighted by atomic mass is 16.7. The van der Waals surface area contributed by atoms with E-state index in [0.717, 1.165) is 12.2 Å². The maximum Gasteiger partial charge on any atom is 0.513 e. The van der Waals surface area contributed by atoms with Crippen molar-refractivity contribution in [3.8, 4) is 34.5 Å². The third kappa shape index (κ3) is 15.3. The van der Waals surface area contributed by atoms with Crippen molar-refractivity contribution >= 4 is 69.7 Å². The number of unbranched alkanes of at least 4 members (excludes halogenated alkanes) is 2. The maximum atomic E-state index is 13.5. The molecule has 426 valence electrons. The van der Waals surface area contributed by atoms with Crippen LogP contribution in [0.1, 0.15) is 67.1 Å². The third-order valence-corrected chi connectivity index (χ3v) is 12.5. The van der Waals surface area contributed by atoms with Crippen LogP contribution in [0.25, 0.3) is 21.5 Å². The number of benzene rings is 6. The molecule has 0 aromatic heterocycles. The molecule has 0 spiro atoms. The Bertz CT molecular complexity index is 3180. The van der Waals surface area contributed by atoms with Gasteiger partial charge in [0.1, 0.15) is 23.7 Å². The molecule has 82 heavy (non-hydrogen) atoms. The molecule has 2 aliphatic heterocycles. The molecule has 2 aliphatic rings. The average molecular weight is 1130 g/mol. The fourth-order valence-electron chi connectivity index (χ4n) is 8.38. The zero-order chi connectivity index (χ0) is 58.1. The Balaban J connectivity index is 0.785. The van der Waals surface area contributed by atoms with E-state index in [1.807, 2.05) is 0 Å². The van der Waals surface area contributed by atoms with Gasteiger partial charge in [-0.2, -0.15) is 0 Å². The second-order valence-corrected chi connectivity index (χ2v) is 18.0. The van der Waals surface area contributed by atoms with E-state index in [9.17, 15) is 38.4 Å². The summed E-state index contributed by atoms with van der Waals surface area (Å²) in [5.74, 6) is -3.40. The van der Waals surface area contributed by atoms with Gasteiger partial charge >= 0.3 is 48.1 Å². The van der Waals surface area contributed by atoms with Crippen molar-refractivity contribution in [2.75, 3.05) is 53.9 Å². The van der Waals surface area contributed by atoms with Crippen molar-refractivity contribution in [3.63, 3.8) is 0 Å². The monoisotopic (exact) mass is 1130 g/mol. The van der Waals surface area contributed by atoms with Crippen LogP contribution in [-0.4, -0.2) is 126 Å². The molecule has 6 aromatic carbocycles. The summed E-state index contributed by atoms with van der Waals surface area (Å²) in [6, 6.07) is 27.4. The standard InChI is InChI=1S/C60H54O22/c1-5-51(61)71-23-7-9-25-73-59(67)77-43-19-15-35-27-39(13-11-37(35)29-43)55(63)79-45-21-17-41(31-47(45)69-3)57(65)81-49-33-75-54-50(34-76-53(49)54)82-58(66)42-18-22-46(48(32-42)70-4)80-56(64)40-14-12-38-30-44(20-16-36(38)28-40)78-60(68)74-26-10-8-24-72-52(62)6-2/h5-6,11-22,27-32,49-50,53-54H,1-2,7-10,23-26,33-34H2,3-4H3/t49-,50-,53?,54?/m1/s1. The van der Waals surface area contributed by atoms with Crippen LogP contribution < -0.4 is 28.4 Å². The van der Waals surface area contributed by atoms with Gasteiger partial charge in [-0.1, -0.05) is 37.4 Å². The van der Waals surface area contributed by atoms with Crippen LogP contribution in [0, 0.1) is 0 Å². The largest absolute Gasteiger partial charge is 0.513 e. The minimum atomic E-state index is -0.906. The van der Waals surface area contributed by atoms with E-state index in [1.165, 1.54) is 62.8 Å². The molecule has 8 rings (SSSR count). The first-order chi connectivity index (χ1) is 39.7. The highest BCUT2D eigenvalue weighted by molar-refractivity contribution is 5.99. The predicted octanol–water partition coefficient (Wildman–Crippen LogP) is 9.05. The molecule has 2 saturated heterocycles. The zero-order valence-electron chi connectivity index (χ0n) is 44.3. The Hall–Kier alpha value is -9.80. The minimum Gasteiger partial charge on any atom is -0.493 e. The first kappa shape index (κ1) is 58.4. The molecule has 0 radical (unpaired) electrons. The number of ether oxygens (including phenoxy) is 14. The lowest BCUT2D eigenvalue weighted by Crippen LogP contribution is -2.36. The molecule has 6 aromatic rings. The summed E-state index contributed by atoms with van der Waals surface area (Å²) in [6.07, 6.45) is -1.12. The topological polar surface area (TPSA) is 266 Å². The van der Waals surface area contributed by atoms with Crippen LogP contribution in [0.4, 0.5) is 9.59 Å². The van der Waals surface area contributed by atoms with E-state index < -0.39 is 72.5 Å². The van der Waals surface area contributed by atoms with Gasteiger partial charge < -0.3 is 66.3 Å². The van der Waals surface area contributed by atoms with Gasteiger partial charge in [-0.15, -0.1) is 0 Å². The van der Waals surface area contributed by atoms with E-state index >= 15 is 0 Å². The SMILES string of the molecule is C=CC(=O)OCCCCOC(=O)Oc1ccc2cc(C(=O)Oc3ccc(C(=O)O[C@@H]4COC5C4OC[C@H]5OC(=O)c4ccc(OC(=O)c5ccc6cc(OC(=O)OCCCCOC(=O)C=C)ccc6c5)c(OC)c4)cc3OC)ccc2c1. The lowest BCUT2D eigenvalue weighted by molar-refractivity contribution is -0.138. The van der Waals surface area contributed by atoms with Gasteiger partial charge in [-0.05, 0) is 132 Å². The number of rotatable bonds is 24. The van der Waals surface area contributed by atoms with Gasteiger partial charge in [0, 0.05) is 12.2 Å². The number of hydrogen-bond donors (Lipinski definition) is 0. The van der Waals surface area contributed by atoms with Crippen molar-refractivity contribution in [1.82, 2.24) is 0 Å². The number of methoxy groups -OCH3 is 2. The van der Waals surface area contributed by atoms with Crippen LogP contribution in [0.15, 0.2) is 135 Å². The van der Waals surface area contributed by atoms with Gasteiger partial charge in [0.2, 0.25) is 0 Å². The second-order valence-electron chi connectivity index (χ2n) is 18.0. The van der Waals surface area contributed by atoms with Crippen LogP contribution in [-0.2, 0) is 47.5 Å². The Labute approximate surface area is 468 Å². The molecule has 22 nitrogen and oxygen atoms in total. The highest BCUT2D eigenvalue weighted by Crippen LogP contribution is 2.35. The van der Waals surface area contributed by atoms with Gasteiger partial charge in [0.05, 0.1) is 76.1 Å². The van der Waals surface area contributed by atoms with Crippen molar-refractivity contribution in [2.24, 2.45) is 0 Å². The molecule has 0 amide bonds. The summed E-state index contributed by atoms with van der Waals surface area (Å²) in [7, 11) is 2.68.